The van der Waals surface area contributed by atoms with Crippen molar-refractivity contribution in [1.29, 1.82) is 0 Å². The Kier molecular flexibility index (Phi) is 6.12. The number of benzene rings is 1. The summed E-state index contributed by atoms with van der Waals surface area (Å²) < 4.78 is 17.8. The third-order valence-corrected chi connectivity index (χ3v) is 4.49. The van der Waals surface area contributed by atoms with E-state index in [0.29, 0.717) is 24.4 Å². The van der Waals surface area contributed by atoms with Gasteiger partial charge in [0.15, 0.2) is 5.78 Å². The van der Waals surface area contributed by atoms with E-state index in [1.54, 1.807) is 6.08 Å². The first-order chi connectivity index (χ1) is 11.4. The Morgan fingerprint density at radius 2 is 2.04 bits per heavy atom. The van der Waals surface area contributed by atoms with Crippen LogP contribution in [0, 0.1) is 17.7 Å². The van der Waals surface area contributed by atoms with Gasteiger partial charge in [0.1, 0.15) is 5.82 Å². The highest BCUT2D eigenvalue weighted by molar-refractivity contribution is 6.04. The number of rotatable bonds is 6. The van der Waals surface area contributed by atoms with Gasteiger partial charge in [-0.25, -0.2) is 4.39 Å². The second kappa shape index (κ2) is 8.08. The van der Waals surface area contributed by atoms with Gasteiger partial charge in [-0.1, -0.05) is 20.3 Å². The third-order valence-electron chi connectivity index (χ3n) is 4.49. The minimum Gasteiger partial charge on any atom is -0.469 e. The largest absolute Gasteiger partial charge is 0.469 e. The summed E-state index contributed by atoms with van der Waals surface area (Å²) in [5.74, 6) is -0.576. The molecule has 24 heavy (non-hydrogen) atoms. The van der Waals surface area contributed by atoms with Crippen LogP contribution in [0.2, 0.25) is 0 Å². The first kappa shape index (κ1) is 18.2. The molecule has 0 saturated carbocycles. The van der Waals surface area contributed by atoms with Crippen LogP contribution in [0.25, 0.3) is 0 Å². The molecule has 0 amide bonds. The van der Waals surface area contributed by atoms with E-state index in [2.05, 4.69) is 18.7 Å². The average molecular weight is 333 g/mol. The zero-order chi connectivity index (χ0) is 17.7. The molecule has 0 aliphatic carbocycles. The molecule has 1 aromatic rings. The number of halogens is 1. The molecule has 0 spiro atoms. The van der Waals surface area contributed by atoms with Gasteiger partial charge >= 0.3 is 5.97 Å². The van der Waals surface area contributed by atoms with E-state index < -0.39 is 0 Å². The molecule has 0 bridgehead atoms. The van der Waals surface area contributed by atoms with Crippen LogP contribution in [0.5, 0.6) is 0 Å². The van der Waals surface area contributed by atoms with Crippen molar-refractivity contribution in [2.75, 3.05) is 20.2 Å². The number of methoxy groups -OCH3 is 1. The number of likely N-dealkylation sites (tertiary alicyclic amines) is 1. The van der Waals surface area contributed by atoms with Crippen LogP contribution in [0.3, 0.4) is 0 Å². The summed E-state index contributed by atoms with van der Waals surface area (Å²) in [6, 6.07) is 5.49. The van der Waals surface area contributed by atoms with Crippen molar-refractivity contribution in [2.45, 2.75) is 26.7 Å². The number of allylic oxidation sites excluding steroid dienone is 2. The van der Waals surface area contributed by atoms with Crippen LogP contribution in [-0.2, 0) is 9.53 Å². The molecule has 5 heteroatoms. The number of nitrogens with zero attached hydrogens (tertiary/aromatic N) is 1. The molecule has 4 nitrogen and oxygen atoms in total. The van der Waals surface area contributed by atoms with Gasteiger partial charge in [-0.15, -0.1) is 0 Å². The molecule has 130 valence electrons. The van der Waals surface area contributed by atoms with Crippen LogP contribution >= 0.6 is 0 Å². The molecule has 2 atom stereocenters. The number of ketones is 1. The number of ether oxygens (including phenoxy) is 1. The molecule has 0 N–H and O–H groups in total. The molecule has 2 unspecified atom stereocenters. The minimum absolute atomic E-state index is 0.176. The smallest absolute Gasteiger partial charge is 0.310 e. The molecule has 1 saturated heterocycles. The van der Waals surface area contributed by atoms with Gasteiger partial charge in [-0.2, -0.15) is 0 Å². The Hall–Kier alpha value is -2.17. The normalized spacial score (nSPS) is 20.2. The summed E-state index contributed by atoms with van der Waals surface area (Å²) in [4.78, 5) is 26.4. The predicted octanol–water partition coefficient (Wildman–Crippen LogP) is 3.43. The molecular formula is C19H24FNO3. The van der Waals surface area contributed by atoms with Crippen molar-refractivity contribution in [2.24, 2.45) is 11.8 Å². The highest BCUT2D eigenvalue weighted by Crippen LogP contribution is 2.29. The van der Waals surface area contributed by atoms with Crippen molar-refractivity contribution in [3.8, 4) is 0 Å². The quantitative estimate of drug-likeness (QED) is 0.454. The molecule has 1 fully saturated rings. The van der Waals surface area contributed by atoms with Crippen LogP contribution in [0.15, 0.2) is 36.0 Å². The molecule has 0 radical (unpaired) electrons. The highest BCUT2D eigenvalue weighted by atomic mass is 19.1. The highest BCUT2D eigenvalue weighted by Gasteiger charge is 2.33. The van der Waals surface area contributed by atoms with E-state index in [0.717, 1.165) is 18.7 Å². The maximum Gasteiger partial charge on any atom is 0.310 e. The summed E-state index contributed by atoms with van der Waals surface area (Å²) in [5, 5.41) is 0. The SMILES string of the molecule is CCC(C)CN1CC(C(=O)OC)C/C1=C/C(=O)c1ccc(F)cc1. The van der Waals surface area contributed by atoms with Gasteiger partial charge in [0.2, 0.25) is 0 Å². The lowest BCUT2D eigenvalue weighted by atomic mass is 10.1. The summed E-state index contributed by atoms with van der Waals surface area (Å²) in [6.07, 6.45) is 3.09. The van der Waals surface area contributed by atoms with Gasteiger partial charge in [-0.3, -0.25) is 9.59 Å². The van der Waals surface area contributed by atoms with Crippen molar-refractivity contribution >= 4 is 11.8 Å². The van der Waals surface area contributed by atoms with Gasteiger partial charge in [0.05, 0.1) is 13.0 Å². The average Bonchev–Trinajstić information content (AvgIpc) is 2.97. The minimum atomic E-state index is -0.371. The van der Waals surface area contributed by atoms with Gasteiger partial charge in [0.25, 0.3) is 0 Å². The maximum atomic E-state index is 13.0. The van der Waals surface area contributed by atoms with E-state index in [-0.39, 0.29) is 23.5 Å². The molecule has 1 aliphatic rings. The first-order valence-corrected chi connectivity index (χ1v) is 8.27. The lowest BCUT2D eigenvalue weighted by Crippen LogP contribution is -2.27. The monoisotopic (exact) mass is 333 g/mol. The topological polar surface area (TPSA) is 46.6 Å². The van der Waals surface area contributed by atoms with Gasteiger partial charge in [-0.05, 0) is 30.2 Å². The Bertz CT molecular complexity index is 624. The zero-order valence-corrected chi connectivity index (χ0v) is 14.4. The standard InChI is InChI=1S/C19H24FNO3/c1-4-13(2)11-21-12-15(19(23)24-3)9-17(21)10-18(22)14-5-7-16(20)8-6-14/h5-8,10,13,15H,4,9,11-12H2,1-3H3/b17-10-. The summed E-state index contributed by atoms with van der Waals surface area (Å²) in [7, 11) is 1.38. The first-order valence-electron chi connectivity index (χ1n) is 8.27. The molecular weight excluding hydrogens is 309 g/mol. The lowest BCUT2D eigenvalue weighted by molar-refractivity contribution is -0.144. The maximum absolute atomic E-state index is 13.0. The second-order valence-corrected chi connectivity index (χ2v) is 6.35. The van der Waals surface area contributed by atoms with Gasteiger partial charge < -0.3 is 9.64 Å². The fourth-order valence-corrected chi connectivity index (χ4v) is 2.85. The van der Waals surface area contributed by atoms with E-state index in [1.165, 1.54) is 31.4 Å². The van der Waals surface area contributed by atoms with Crippen molar-refractivity contribution < 1.29 is 18.7 Å². The Morgan fingerprint density at radius 1 is 1.38 bits per heavy atom. The van der Waals surface area contributed by atoms with Gasteiger partial charge in [0, 0.05) is 36.8 Å². The molecule has 0 aromatic heterocycles. The number of carbonyl (C=O) groups is 2. The number of hydrogen-bond acceptors (Lipinski definition) is 4. The fourth-order valence-electron chi connectivity index (χ4n) is 2.85. The molecule has 1 aliphatic heterocycles. The number of carbonyl (C=O) groups excluding carboxylic acids is 2. The van der Waals surface area contributed by atoms with Crippen LogP contribution < -0.4 is 0 Å². The van der Waals surface area contributed by atoms with E-state index >= 15 is 0 Å². The van der Waals surface area contributed by atoms with Crippen molar-refractivity contribution in [3.05, 3.63) is 47.4 Å². The zero-order valence-electron chi connectivity index (χ0n) is 14.4. The van der Waals surface area contributed by atoms with E-state index in [1.807, 2.05) is 0 Å². The lowest BCUT2D eigenvalue weighted by Gasteiger charge is -2.23. The number of esters is 1. The molecule has 2 rings (SSSR count). The van der Waals surface area contributed by atoms with E-state index in [4.69, 9.17) is 4.74 Å². The van der Waals surface area contributed by atoms with Crippen LogP contribution in [0.4, 0.5) is 4.39 Å². The summed E-state index contributed by atoms with van der Waals surface area (Å²) in [5.41, 5.74) is 1.29. The summed E-state index contributed by atoms with van der Waals surface area (Å²) >= 11 is 0. The van der Waals surface area contributed by atoms with Crippen molar-refractivity contribution in [3.63, 3.8) is 0 Å². The number of hydrogen-bond donors (Lipinski definition) is 0. The van der Waals surface area contributed by atoms with Crippen molar-refractivity contribution in [1.82, 2.24) is 4.90 Å². The fraction of sp³-hybridized carbons (Fsp3) is 0.474. The second-order valence-electron chi connectivity index (χ2n) is 6.35. The van der Waals surface area contributed by atoms with Crippen LogP contribution in [-0.4, -0.2) is 36.9 Å². The molecule has 1 heterocycles. The Morgan fingerprint density at radius 3 is 2.62 bits per heavy atom. The Balaban J connectivity index is 2.20. The molecule has 1 aromatic carbocycles. The van der Waals surface area contributed by atoms with Crippen LogP contribution in [0.1, 0.15) is 37.0 Å². The summed E-state index contributed by atoms with van der Waals surface area (Å²) in [6.45, 7) is 5.63. The predicted molar refractivity (Wildman–Crippen MR) is 90.0 cm³/mol. The van der Waals surface area contributed by atoms with E-state index in [9.17, 15) is 14.0 Å². The third kappa shape index (κ3) is 4.43. The Labute approximate surface area is 142 Å².